The van der Waals surface area contributed by atoms with Crippen LogP contribution in [0.15, 0.2) is 0 Å². The van der Waals surface area contributed by atoms with Gasteiger partial charge in [0, 0.05) is 6.54 Å². The highest BCUT2D eigenvalue weighted by atomic mass is 32.2. The van der Waals surface area contributed by atoms with Gasteiger partial charge in [-0.1, -0.05) is 20.3 Å². The van der Waals surface area contributed by atoms with Gasteiger partial charge < -0.3 is 5.11 Å². The monoisotopic (exact) mass is 263 g/mol. The Bertz CT molecular complexity index is 379. The maximum absolute atomic E-state index is 12.1. The second-order valence-electron chi connectivity index (χ2n) is 4.54. The number of carbonyl (C=O) groups is 1. The zero-order valence-corrected chi connectivity index (χ0v) is 11.3. The van der Waals surface area contributed by atoms with Crippen molar-refractivity contribution < 1.29 is 18.3 Å². The van der Waals surface area contributed by atoms with E-state index in [0.29, 0.717) is 32.2 Å². The first-order chi connectivity index (χ1) is 7.90. The van der Waals surface area contributed by atoms with E-state index in [1.165, 1.54) is 4.31 Å². The maximum Gasteiger partial charge on any atom is 0.325 e. The molecule has 1 atom stereocenters. The molecular formula is C11H21NO4S. The van der Waals surface area contributed by atoms with E-state index in [9.17, 15) is 18.3 Å². The van der Waals surface area contributed by atoms with Gasteiger partial charge >= 0.3 is 5.97 Å². The van der Waals surface area contributed by atoms with E-state index in [-0.39, 0.29) is 5.75 Å². The van der Waals surface area contributed by atoms with Crippen molar-refractivity contribution in [2.24, 2.45) is 0 Å². The molecule has 1 unspecified atom stereocenters. The highest BCUT2D eigenvalue weighted by molar-refractivity contribution is 7.89. The van der Waals surface area contributed by atoms with E-state index in [0.717, 1.165) is 6.42 Å². The Morgan fingerprint density at radius 1 is 1.41 bits per heavy atom. The van der Waals surface area contributed by atoms with Gasteiger partial charge in [0.15, 0.2) is 0 Å². The van der Waals surface area contributed by atoms with Crippen LogP contribution in [0.2, 0.25) is 0 Å². The minimum absolute atomic E-state index is 0.0541. The molecule has 0 aromatic rings. The quantitative estimate of drug-likeness (QED) is 0.787. The van der Waals surface area contributed by atoms with Crippen molar-refractivity contribution in [3.05, 3.63) is 0 Å². The number of aliphatic carboxylic acids is 1. The molecule has 6 heteroatoms. The fourth-order valence-electron chi connectivity index (χ4n) is 2.41. The van der Waals surface area contributed by atoms with Gasteiger partial charge in [0.1, 0.15) is 5.54 Å². The molecule has 1 fully saturated rings. The van der Waals surface area contributed by atoms with Gasteiger partial charge in [0.2, 0.25) is 10.0 Å². The summed E-state index contributed by atoms with van der Waals surface area (Å²) in [7, 11) is -3.43. The Labute approximate surface area is 103 Å². The van der Waals surface area contributed by atoms with Crippen molar-refractivity contribution in [3.8, 4) is 0 Å². The van der Waals surface area contributed by atoms with E-state index in [1.54, 1.807) is 6.92 Å². The number of unbranched alkanes of at least 4 members (excludes halogenated alkanes) is 1. The molecule has 1 aliphatic heterocycles. The molecule has 5 nitrogen and oxygen atoms in total. The largest absolute Gasteiger partial charge is 0.480 e. The van der Waals surface area contributed by atoms with Crippen LogP contribution < -0.4 is 0 Å². The molecule has 1 saturated heterocycles. The summed E-state index contributed by atoms with van der Waals surface area (Å²) < 4.78 is 25.5. The average Bonchev–Trinajstić information content (AvgIpc) is 2.72. The van der Waals surface area contributed by atoms with Crippen LogP contribution in [0.5, 0.6) is 0 Å². The van der Waals surface area contributed by atoms with Gasteiger partial charge in [-0.15, -0.1) is 0 Å². The molecule has 1 rings (SSSR count). The molecule has 17 heavy (non-hydrogen) atoms. The topological polar surface area (TPSA) is 74.7 Å². The number of carboxylic acid groups (broad SMARTS) is 1. The number of sulfonamides is 1. The van der Waals surface area contributed by atoms with E-state index < -0.39 is 21.5 Å². The zero-order chi connectivity index (χ0) is 13.1. The number of rotatable bonds is 6. The Hall–Kier alpha value is -0.620. The van der Waals surface area contributed by atoms with Crippen molar-refractivity contribution in [1.29, 1.82) is 0 Å². The highest BCUT2D eigenvalue weighted by Crippen LogP contribution is 2.35. The number of hydrogen-bond donors (Lipinski definition) is 1. The predicted molar refractivity (Wildman–Crippen MR) is 65.3 cm³/mol. The van der Waals surface area contributed by atoms with Gasteiger partial charge in [-0.3, -0.25) is 4.79 Å². The summed E-state index contributed by atoms with van der Waals surface area (Å²) in [6, 6.07) is 0. The van der Waals surface area contributed by atoms with E-state index in [2.05, 4.69) is 0 Å². The number of hydrogen-bond acceptors (Lipinski definition) is 3. The highest BCUT2D eigenvalue weighted by Gasteiger charge is 2.51. The molecular weight excluding hydrogens is 242 g/mol. The van der Waals surface area contributed by atoms with Crippen molar-refractivity contribution in [2.75, 3.05) is 12.3 Å². The Balaban J connectivity index is 2.99. The molecule has 0 amide bonds. The second kappa shape index (κ2) is 5.35. The van der Waals surface area contributed by atoms with Crippen LogP contribution in [0.3, 0.4) is 0 Å². The summed E-state index contributed by atoms with van der Waals surface area (Å²) in [6.45, 7) is 4.00. The molecule has 1 heterocycles. The lowest BCUT2D eigenvalue weighted by Gasteiger charge is -2.32. The SMILES string of the molecule is CCCCS(=O)(=O)N1CCCC1(CC)C(=O)O. The molecule has 0 aliphatic carbocycles. The lowest BCUT2D eigenvalue weighted by atomic mass is 9.95. The Morgan fingerprint density at radius 3 is 2.53 bits per heavy atom. The summed E-state index contributed by atoms with van der Waals surface area (Å²) in [5.74, 6) is -0.962. The van der Waals surface area contributed by atoms with Gasteiger partial charge in [-0.25, -0.2) is 8.42 Å². The lowest BCUT2D eigenvalue weighted by Crippen LogP contribution is -2.53. The molecule has 0 aromatic carbocycles. The zero-order valence-electron chi connectivity index (χ0n) is 10.5. The fraction of sp³-hybridized carbons (Fsp3) is 0.909. The fourth-order valence-corrected chi connectivity index (χ4v) is 4.53. The summed E-state index contributed by atoms with van der Waals surface area (Å²) in [5.41, 5.74) is -1.20. The van der Waals surface area contributed by atoms with Crippen LogP contribution in [-0.2, 0) is 14.8 Å². The molecule has 0 bridgehead atoms. The van der Waals surface area contributed by atoms with Gasteiger partial charge in [0.25, 0.3) is 0 Å². The minimum atomic E-state index is -3.43. The summed E-state index contributed by atoms with van der Waals surface area (Å²) in [5, 5.41) is 9.32. The number of carboxylic acids is 1. The van der Waals surface area contributed by atoms with E-state index >= 15 is 0 Å². The molecule has 100 valence electrons. The number of nitrogens with zero attached hydrogens (tertiary/aromatic N) is 1. The van der Waals surface area contributed by atoms with Crippen LogP contribution >= 0.6 is 0 Å². The van der Waals surface area contributed by atoms with Crippen LogP contribution in [0.25, 0.3) is 0 Å². The molecule has 1 N–H and O–H groups in total. The first-order valence-electron chi connectivity index (χ1n) is 6.14. The Kier molecular flexibility index (Phi) is 4.55. The Morgan fingerprint density at radius 2 is 2.06 bits per heavy atom. The van der Waals surface area contributed by atoms with Crippen molar-refractivity contribution >= 4 is 16.0 Å². The first kappa shape index (κ1) is 14.4. The molecule has 0 aromatic heterocycles. The summed E-state index contributed by atoms with van der Waals surface area (Å²) >= 11 is 0. The van der Waals surface area contributed by atoms with Gasteiger partial charge in [-0.2, -0.15) is 4.31 Å². The first-order valence-corrected chi connectivity index (χ1v) is 7.75. The second-order valence-corrected chi connectivity index (χ2v) is 6.55. The third-order valence-corrected chi connectivity index (χ3v) is 5.51. The predicted octanol–water partition coefficient (Wildman–Crippen LogP) is 1.45. The third kappa shape index (κ3) is 2.63. The minimum Gasteiger partial charge on any atom is -0.480 e. The van der Waals surface area contributed by atoms with Crippen molar-refractivity contribution in [2.45, 2.75) is 51.5 Å². The van der Waals surface area contributed by atoms with Crippen LogP contribution in [-0.4, -0.2) is 41.6 Å². The van der Waals surface area contributed by atoms with Crippen LogP contribution in [0, 0.1) is 0 Å². The molecule has 1 aliphatic rings. The van der Waals surface area contributed by atoms with Crippen molar-refractivity contribution in [1.82, 2.24) is 4.31 Å². The van der Waals surface area contributed by atoms with E-state index in [4.69, 9.17) is 0 Å². The molecule has 0 radical (unpaired) electrons. The lowest BCUT2D eigenvalue weighted by molar-refractivity contribution is -0.147. The van der Waals surface area contributed by atoms with Gasteiger partial charge in [-0.05, 0) is 25.7 Å². The maximum atomic E-state index is 12.1. The standard InChI is InChI=1S/C11H21NO4S/c1-3-5-9-17(15,16)12-8-6-7-11(12,4-2)10(13)14/h3-9H2,1-2H3,(H,13,14). The normalized spacial score (nSPS) is 26.2. The summed E-state index contributed by atoms with van der Waals surface area (Å²) in [4.78, 5) is 11.4. The van der Waals surface area contributed by atoms with Gasteiger partial charge in [0.05, 0.1) is 5.75 Å². The third-order valence-electron chi connectivity index (χ3n) is 3.50. The summed E-state index contributed by atoms with van der Waals surface area (Å²) in [6.07, 6.45) is 2.75. The van der Waals surface area contributed by atoms with E-state index in [1.807, 2.05) is 6.92 Å². The average molecular weight is 263 g/mol. The molecule has 0 spiro atoms. The molecule has 0 saturated carbocycles. The van der Waals surface area contributed by atoms with Crippen molar-refractivity contribution in [3.63, 3.8) is 0 Å². The van der Waals surface area contributed by atoms with Crippen LogP contribution in [0.1, 0.15) is 46.0 Å². The van der Waals surface area contributed by atoms with Crippen LogP contribution in [0.4, 0.5) is 0 Å². The smallest absolute Gasteiger partial charge is 0.325 e.